The molecule has 22 heavy (non-hydrogen) atoms. The van der Waals surface area contributed by atoms with Gasteiger partial charge in [-0.05, 0) is 20.3 Å². The molecule has 0 aromatic rings. The Morgan fingerprint density at radius 2 is 1.59 bits per heavy atom. The van der Waals surface area contributed by atoms with Gasteiger partial charge in [0.2, 0.25) is 0 Å². The maximum absolute atomic E-state index is 10.3. The van der Waals surface area contributed by atoms with E-state index < -0.39 is 42.7 Å². The van der Waals surface area contributed by atoms with Gasteiger partial charge in [-0.15, -0.1) is 0 Å². The van der Waals surface area contributed by atoms with E-state index in [-0.39, 0.29) is 25.2 Å². The van der Waals surface area contributed by atoms with E-state index in [0.717, 1.165) is 0 Å². The van der Waals surface area contributed by atoms with E-state index in [1.807, 2.05) is 6.92 Å². The summed E-state index contributed by atoms with van der Waals surface area (Å²) >= 11 is 0. The Kier molecular flexibility index (Phi) is 6.18. The summed E-state index contributed by atoms with van der Waals surface area (Å²) < 4.78 is 16.4. The molecule has 2 aliphatic heterocycles. The van der Waals surface area contributed by atoms with Crippen molar-refractivity contribution in [3.05, 3.63) is 0 Å². The molecule has 0 aromatic carbocycles. The summed E-state index contributed by atoms with van der Waals surface area (Å²) in [6, 6.07) is 0. The SMILES string of the molecule is CC[C@@H]1C(O)[C@H](OC[C@@H]2C(O)COC(C)[C@H]2O)OC(C)[C@H]1O. The summed E-state index contributed by atoms with van der Waals surface area (Å²) in [6.07, 6.45) is -4.43. The third kappa shape index (κ3) is 3.62. The van der Waals surface area contributed by atoms with E-state index >= 15 is 0 Å². The summed E-state index contributed by atoms with van der Waals surface area (Å²) in [4.78, 5) is 0. The van der Waals surface area contributed by atoms with Crippen LogP contribution in [0.15, 0.2) is 0 Å². The molecule has 0 aliphatic carbocycles. The first-order valence-electron chi connectivity index (χ1n) is 7.97. The summed E-state index contributed by atoms with van der Waals surface area (Å²) in [7, 11) is 0. The molecule has 2 rings (SSSR count). The Balaban J connectivity index is 1.95. The molecule has 2 fully saturated rings. The Labute approximate surface area is 130 Å². The molecule has 7 nitrogen and oxygen atoms in total. The van der Waals surface area contributed by atoms with Gasteiger partial charge in [-0.2, -0.15) is 0 Å². The summed E-state index contributed by atoms with van der Waals surface area (Å²) in [5.74, 6) is -0.820. The fourth-order valence-corrected chi connectivity index (χ4v) is 3.21. The number of hydrogen-bond donors (Lipinski definition) is 4. The Morgan fingerprint density at radius 1 is 0.955 bits per heavy atom. The van der Waals surface area contributed by atoms with E-state index in [4.69, 9.17) is 14.2 Å². The molecule has 0 spiro atoms. The van der Waals surface area contributed by atoms with E-state index in [1.165, 1.54) is 0 Å². The quantitative estimate of drug-likeness (QED) is 0.540. The molecule has 0 radical (unpaired) electrons. The summed E-state index contributed by atoms with van der Waals surface area (Å²) in [5.41, 5.74) is 0. The minimum atomic E-state index is -0.942. The number of aliphatic hydroxyl groups excluding tert-OH is 4. The lowest BCUT2D eigenvalue weighted by Gasteiger charge is -2.42. The van der Waals surface area contributed by atoms with Crippen molar-refractivity contribution >= 4 is 0 Å². The third-order valence-corrected chi connectivity index (χ3v) is 4.85. The highest BCUT2D eigenvalue weighted by Gasteiger charge is 2.43. The third-order valence-electron chi connectivity index (χ3n) is 4.85. The number of ether oxygens (including phenoxy) is 3. The first kappa shape index (κ1) is 18.1. The first-order chi connectivity index (χ1) is 10.4. The van der Waals surface area contributed by atoms with Gasteiger partial charge in [0.1, 0.15) is 6.10 Å². The largest absolute Gasteiger partial charge is 0.390 e. The van der Waals surface area contributed by atoms with Gasteiger partial charge in [-0.1, -0.05) is 6.92 Å². The number of rotatable bonds is 4. The number of aliphatic hydroxyl groups is 4. The van der Waals surface area contributed by atoms with Gasteiger partial charge in [0, 0.05) is 11.8 Å². The zero-order valence-electron chi connectivity index (χ0n) is 13.3. The molecule has 0 saturated carbocycles. The van der Waals surface area contributed by atoms with Crippen molar-refractivity contribution in [2.75, 3.05) is 13.2 Å². The van der Waals surface area contributed by atoms with Gasteiger partial charge in [-0.3, -0.25) is 0 Å². The monoisotopic (exact) mass is 320 g/mol. The lowest BCUT2D eigenvalue weighted by molar-refractivity contribution is -0.291. The van der Waals surface area contributed by atoms with Crippen LogP contribution in [0.4, 0.5) is 0 Å². The van der Waals surface area contributed by atoms with Crippen molar-refractivity contribution in [3.63, 3.8) is 0 Å². The first-order valence-corrected chi connectivity index (χ1v) is 7.97. The second-order valence-corrected chi connectivity index (χ2v) is 6.36. The fourth-order valence-electron chi connectivity index (χ4n) is 3.21. The smallest absolute Gasteiger partial charge is 0.184 e. The van der Waals surface area contributed by atoms with E-state index in [0.29, 0.717) is 6.42 Å². The van der Waals surface area contributed by atoms with Crippen LogP contribution in [0.5, 0.6) is 0 Å². The highest BCUT2D eigenvalue weighted by Crippen LogP contribution is 2.30. The second kappa shape index (κ2) is 7.53. The van der Waals surface area contributed by atoms with Gasteiger partial charge < -0.3 is 34.6 Å². The Bertz CT molecular complexity index is 353. The maximum atomic E-state index is 10.3. The predicted molar refractivity (Wildman–Crippen MR) is 77.0 cm³/mol. The van der Waals surface area contributed by atoms with Crippen LogP contribution in [0.1, 0.15) is 27.2 Å². The van der Waals surface area contributed by atoms with Crippen LogP contribution >= 0.6 is 0 Å². The highest BCUT2D eigenvalue weighted by molar-refractivity contribution is 4.88. The normalized spacial score (nSPS) is 50.0. The zero-order chi connectivity index (χ0) is 16.4. The molecule has 9 atom stereocenters. The molecule has 0 amide bonds. The Morgan fingerprint density at radius 3 is 2.23 bits per heavy atom. The van der Waals surface area contributed by atoms with Gasteiger partial charge in [0.25, 0.3) is 0 Å². The van der Waals surface area contributed by atoms with Crippen molar-refractivity contribution < 1.29 is 34.6 Å². The van der Waals surface area contributed by atoms with Crippen LogP contribution in [0.25, 0.3) is 0 Å². The molecule has 4 unspecified atom stereocenters. The summed E-state index contributed by atoms with van der Waals surface area (Å²) in [6.45, 7) is 5.56. The molecular formula is C15H28O7. The van der Waals surface area contributed by atoms with Crippen molar-refractivity contribution in [1.29, 1.82) is 0 Å². The molecule has 2 heterocycles. The average molecular weight is 320 g/mol. The zero-order valence-corrected chi connectivity index (χ0v) is 13.3. The Hall–Kier alpha value is -0.280. The van der Waals surface area contributed by atoms with Crippen molar-refractivity contribution in [1.82, 2.24) is 0 Å². The van der Waals surface area contributed by atoms with Crippen LogP contribution in [0.2, 0.25) is 0 Å². The predicted octanol–water partition coefficient (Wildman–Crippen LogP) is -0.747. The fraction of sp³-hybridized carbons (Fsp3) is 1.00. The van der Waals surface area contributed by atoms with Gasteiger partial charge in [-0.25, -0.2) is 0 Å². The minimum absolute atomic E-state index is 0.0526. The second-order valence-electron chi connectivity index (χ2n) is 6.36. The van der Waals surface area contributed by atoms with Crippen molar-refractivity contribution in [3.8, 4) is 0 Å². The lowest BCUT2D eigenvalue weighted by Crippen LogP contribution is -2.55. The highest BCUT2D eigenvalue weighted by atomic mass is 16.7. The molecule has 0 bridgehead atoms. The summed E-state index contributed by atoms with van der Waals surface area (Å²) in [5, 5.41) is 40.3. The molecular weight excluding hydrogens is 292 g/mol. The van der Waals surface area contributed by atoms with Crippen LogP contribution in [-0.4, -0.2) is 76.6 Å². The minimum Gasteiger partial charge on any atom is -0.390 e. The van der Waals surface area contributed by atoms with E-state index in [2.05, 4.69) is 0 Å². The van der Waals surface area contributed by atoms with Crippen molar-refractivity contribution in [2.45, 2.75) is 70.1 Å². The van der Waals surface area contributed by atoms with Crippen molar-refractivity contribution in [2.24, 2.45) is 11.8 Å². The van der Waals surface area contributed by atoms with Crippen LogP contribution in [-0.2, 0) is 14.2 Å². The van der Waals surface area contributed by atoms with Gasteiger partial charge >= 0.3 is 0 Å². The molecule has 0 aromatic heterocycles. The lowest BCUT2D eigenvalue weighted by atomic mass is 9.87. The molecule has 2 saturated heterocycles. The topological polar surface area (TPSA) is 109 Å². The molecule has 2 aliphatic rings. The average Bonchev–Trinajstić information content (AvgIpc) is 2.49. The van der Waals surface area contributed by atoms with Gasteiger partial charge in [0.05, 0.1) is 43.7 Å². The standard InChI is InChI=1S/C15H28O7/c1-4-9-13(18)8(3)22-15(14(9)19)21-5-10-11(16)6-20-7(2)12(10)17/h7-19H,4-6H2,1-3H3/t7?,8?,9-,10+,11?,12+,13+,14?,15+/m0/s1. The molecule has 7 heteroatoms. The van der Waals surface area contributed by atoms with Crippen LogP contribution in [0.3, 0.4) is 0 Å². The maximum Gasteiger partial charge on any atom is 0.184 e. The van der Waals surface area contributed by atoms with Crippen LogP contribution < -0.4 is 0 Å². The van der Waals surface area contributed by atoms with Crippen LogP contribution in [0, 0.1) is 11.8 Å². The van der Waals surface area contributed by atoms with E-state index in [9.17, 15) is 20.4 Å². The molecule has 4 N–H and O–H groups in total. The number of hydrogen-bond acceptors (Lipinski definition) is 7. The van der Waals surface area contributed by atoms with Gasteiger partial charge in [0.15, 0.2) is 6.29 Å². The van der Waals surface area contributed by atoms with E-state index in [1.54, 1.807) is 13.8 Å². The molecule has 130 valence electrons.